The Morgan fingerprint density at radius 2 is 1.54 bits per heavy atom. The van der Waals surface area contributed by atoms with Gasteiger partial charge in [0.1, 0.15) is 6.54 Å². The number of aryl methyl sites for hydroxylation is 2. The molecule has 5 aliphatic rings. The van der Waals surface area contributed by atoms with E-state index in [1.165, 1.54) is 4.90 Å². The number of benzene rings is 1. The third kappa shape index (κ3) is 2.41. The van der Waals surface area contributed by atoms with Gasteiger partial charge < -0.3 is 5.32 Å². The fourth-order valence-corrected chi connectivity index (χ4v) is 5.90. The van der Waals surface area contributed by atoms with E-state index < -0.39 is 0 Å². The molecule has 1 saturated heterocycles. The number of nitrogens with one attached hydrogen (secondary N) is 1. The van der Waals surface area contributed by atoms with Crippen LogP contribution in [-0.2, 0) is 27.2 Å². The average molecular weight is 378 g/mol. The van der Waals surface area contributed by atoms with E-state index in [-0.39, 0.29) is 47.9 Å². The van der Waals surface area contributed by atoms with Crippen LogP contribution < -0.4 is 5.32 Å². The van der Waals surface area contributed by atoms with Crippen LogP contribution in [0.1, 0.15) is 31.4 Å². The molecule has 6 atom stereocenters. The Bertz CT molecular complexity index is 847. The Morgan fingerprint density at radius 1 is 1.00 bits per heavy atom. The van der Waals surface area contributed by atoms with Gasteiger partial charge in [-0.3, -0.25) is 19.3 Å². The molecule has 6 rings (SSSR count). The van der Waals surface area contributed by atoms with E-state index in [4.69, 9.17) is 0 Å². The SMILES string of the molecule is CCc1cccc(CC)c1NC(=O)CN1C(=O)[C@@H]2[C@@H]3C=C[C@H]([C@H]4C[C@H]34)[C@@H]2C1=O. The van der Waals surface area contributed by atoms with E-state index in [9.17, 15) is 14.4 Å². The largest absolute Gasteiger partial charge is 0.324 e. The summed E-state index contributed by atoms with van der Waals surface area (Å²) < 4.78 is 0. The molecule has 146 valence electrons. The zero-order valence-electron chi connectivity index (χ0n) is 16.4. The Hall–Kier alpha value is -2.43. The van der Waals surface area contributed by atoms with Crippen molar-refractivity contribution in [3.8, 4) is 0 Å². The van der Waals surface area contributed by atoms with Crippen molar-refractivity contribution in [1.29, 1.82) is 0 Å². The van der Waals surface area contributed by atoms with Gasteiger partial charge in [-0.05, 0) is 54.1 Å². The third-order valence-electron chi connectivity index (χ3n) is 7.32. The molecule has 1 aliphatic heterocycles. The lowest BCUT2D eigenvalue weighted by Gasteiger charge is -2.37. The summed E-state index contributed by atoms with van der Waals surface area (Å²) in [4.78, 5) is 40.1. The van der Waals surface area contributed by atoms with Gasteiger partial charge in [-0.25, -0.2) is 0 Å². The predicted octanol–water partition coefficient (Wildman–Crippen LogP) is 2.80. The van der Waals surface area contributed by atoms with Crippen molar-refractivity contribution >= 4 is 23.4 Å². The first kappa shape index (κ1) is 17.7. The van der Waals surface area contributed by atoms with Crippen LogP contribution in [0.4, 0.5) is 5.69 Å². The molecule has 3 amide bonds. The van der Waals surface area contributed by atoms with Gasteiger partial charge >= 0.3 is 0 Å². The lowest BCUT2D eigenvalue weighted by Crippen LogP contribution is -2.40. The average Bonchev–Trinajstić information content (AvgIpc) is 3.49. The summed E-state index contributed by atoms with van der Waals surface area (Å²) in [6, 6.07) is 6.01. The second-order valence-corrected chi connectivity index (χ2v) is 8.62. The van der Waals surface area contributed by atoms with Crippen molar-refractivity contribution in [3.05, 3.63) is 41.5 Å². The van der Waals surface area contributed by atoms with Gasteiger partial charge in [-0.15, -0.1) is 0 Å². The highest BCUT2D eigenvalue weighted by atomic mass is 16.2. The molecule has 1 N–H and O–H groups in total. The number of rotatable bonds is 5. The van der Waals surface area contributed by atoms with Crippen molar-refractivity contribution < 1.29 is 14.4 Å². The second-order valence-electron chi connectivity index (χ2n) is 8.62. The van der Waals surface area contributed by atoms with Crippen LogP contribution in [0.5, 0.6) is 0 Å². The number of carbonyl (C=O) groups excluding carboxylic acids is 3. The number of imide groups is 1. The highest BCUT2D eigenvalue weighted by molar-refractivity contribution is 6.09. The molecule has 0 radical (unpaired) electrons. The molecule has 0 aromatic heterocycles. The molecule has 4 aliphatic carbocycles. The van der Waals surface area contributed by atoms with Crippen LogP contribution in [0.25, 0.3) is 0 Å². The Labute approximate surface area is 165 Å². The van der Waals surface area contributed by atoms with Gasteiger partial charge in [0.15, 0.2) is 0 Å². The zero-order valence-corrected chi connectivity index (χ0v) is 16.4. The predicted molar refractivity (Wildman–Crippen MR) is 105 cm³/mol. The molecule has 5 heteroatoms. The standard InChI is InChI=1S/C23H26N2O3/c1-3-12-6-5-7-13(4-2)21(12)24-18(26)11-25-22(27)19-14-8-9-15(17-10-16(14)17)20(19)23(25)28/h5-9,14-17,19-20H,3-4,10-11H2,1-2H3,(H,24,26)/t14-,15-,16-,17-,19-,20+/m1/s1. The molecule has 3 fully saturated rings. The van der Waals surface area contributed by atoms with Crippen LogP contribution in [-0.4, -0.2) is 29.2 Å². The minimum absolute atomic E-state index is 0.144. The summed E-state index contributed by atoms with van der Waals surface area (Å²) in [6.45, 7) is 3.92. The molecule has 2 bridgehead atoms. The highest BCUT2D eigenvalue weighted by Gasteiger charge is 2.67. The molecule has 1 aromatic carbocycles. The number of likely N-dealkylation sites (tertiary alicyclic amines) is 1. The summed E-state index contributed by atoms with van der Waals surface area (Å²) in [7, 11) is 0. The normalized spacial score (nSPS) is 34.4. The van der Waals surface area contributed by atoms with Gasteiger partial charge in [0.2, 0.25) is 17.7 Å². The minimum atomic E-state index is -0.290. The van der Waals surface area contributed by atoms with Crippen LogP contribution in [0.3, 0.4) is 0 Å². The van der Waals surface area contributed by atoms with E-state index in [1.807, 2.05) is 18.2 Å². The molecule has 5 nitrogen and oxygen atoms in total. The molecular weight excluding hydrogens is 352 g/mol. The molecular formula is C23H26N2O3. The number of hydrogen-bond acceptors (Lipinski definition) is 3. The van der Waals surface area contributed by atoms with E-state index >= 15 is 0 Å². The Morgan fingerprint density at radius 3 is 2.04 bits per heavy atom. The zero-order chi connectivity index (χ0) is 19.6. The summed E-state index contributed by atoms with van der Waals surface area (Å²) in [6.07, 6.45) is 7.07. The lowest BCUT2D eigenvalue weighted by molar-refractivity contribution is -0.142. The molecule has 2 saturated carbocycles. The highest BCUT2D eigenvalue weighted by Crippen LogP contribution is 2.65. The van der Waals surface area contributed by atoms with Gasteiger partial charge in [0.25, 0.3) is 0 Å². The van der Waals surface area contributed by atoms with Crippen molar-refractivity contribution in [1.82, 2.24) is 4.90 Å². The van der Waals surface area contributed by atoms with Gasteiger partial charge in [0.05, 0.1) is 11.8 Å². The maximum atomic E-state index is 13.0. The first-order valence-corrected chi connectivity index (χ1v) is 10.5. The van der Waals surface area contributed by atoms with Gasteiger partial charge in [-0.1, -0.05) is 44.2 Å². The monoisotopic (exact) mass is 378 g/mol. The Balaban J connectivity index is 1.35. The van der Waals surface area contributed by atoms with E-state index in [2.05, 4.69) is 31.3 Å². The van der Waals surface area contributed by atoms with Gasteiger partial charge in [-0.2, -0.15) is 0 Å². The number of carbonyl (C=O) groups is 3. The summed E-state index contributed by atoms with van der Waals surface area (Å²) in [5.41, 5.74) is 2.97. The smallest absolute Gasteiger partial charge is 0.244 e. The molecule has 0 unspecified atom stereocenters. The van der Waals surface area contributed by atoms with Crippen molar-refractivity contribution in [2.24, 2.45) is 35.5 Å². The Kier molecular flexibility index (Phi) is 3.97. The first-order valence-electron chi connectivity index (χ1n) is 10.5. The van der Waals surface area contributed by atoms with Crippen molar-refractivity contribution in [2.75, 3.05) is 11.9 Å². The quantitative estimate of drug-likeness (QED) is 0.633. The summed E-state index contributed by atoms with van der Waals surface area (Å²) in [5, 5.41) is 2.99. The van der Waals surface area contributed by atoms with Crippen LogP contribution in [0, 0.1) is 35.5 Å². The fourth-order valence-electron chi connectivity index (χ4n) is 5.90. The maximum absolute atomic E-state index is 13.0. The topological polar surface area (TPSA) is 66.5 Å². The molecule has 0 spiro atoms. The van der Waals surface area contributed by atoms with Crippen LogP contribution in [0.15, 0.2) is 30.4 Å². The fraction of sp³-hybridized carbons (Fsp3) is 0.522. The van der Waals surface area contributed by atoms with Gasteiger partial charge in [0, 0.05) is 5.69 Å². The molecule has 28 heavy (non-hydrogen) atoms. The van der Waals surface area contributed by atoms with E-state index in [1.54, 1.807) is 0 Å². The second kappa shape index (κ2) is 6.29. The lowest BCUT2D eigenvalue weighted by atomic mass is 9.63. The number of allylic oxidation sites excluding steroid dienone is 2. The summed E-state index contributed by atoms with van der Waals surface area (Å²) >= 11 is 0. The molecule has 1 heterocycles. The first-order chi connectivity index (χ1) is 13.5. The third-order valence-corrected chi connectivity index (χ3v) is 7.32. The number of para-hydroxylation sites is 1. The molecule has 1 aromatic rings. The van der Waals surface area contributed by atoms with Crippen LogP contribution in [0.2, 0.25) is 0 Å². The van der Waals surface area contributed by atoms with Crippen molar-refractivity contribution in [2.45, 2.75) is 33.1 Å². The maximum Gasteiger partial charge on any atom is 0.244 e. The number of hydrogen-bond donors (Lipinski definition) is 1. The number of amides is 3. The van der Waals surface area contributed by atoms with Crippen LogP contribution >= 0.6 is 0 Å². The van der Waals surface area contributed by atoms with E-state index in [0.29, 0.717) is 11.8 Å². The van der Waals surface area contributed by atoms with E-state index in [0.717, 1.165) is 36.1 Å². The number of anilines is 1. The summed E-state index contributed by atoms with van der Waals surface area (Å²) in [5.74, 6) is 0.469. The minimum Gasteiger partial charge on any atom is -0.324 e. The van der Waals surface area contributed by atoms with Crippen molar-refractivity contribution in [3.63, 3.8) is 0 Å². The number of nitrogens with zero attached hydrogens (tertiary/aromatic N) is 1.